The van der Waals surface area contributed by atoms with Gasteiger partial charge in [0.1, 0.15) is 6.04 Å². The average Bonchev–Trinajstić information content (AvgIpc) is 3.20. The molecule has 0 bridgehead atoms. The Bertz CT molecular complexity index is 760. The number of urea groups is 1. The maximum Gasteiger partial charge on any atom is 0.318 e. The van der Waals surface area contributed by atoms with E-state index in [2.05, 4.69) is 15.4 Å². The van der Waals surface area contributed by atoms with Gasteiger partial charge in [-0.3, -0.25) is 14.5 Å². The molecule has 0 aliphatic carbocycles. The van der Waals surface area contributed by atoms with Crippen molar-refractivity contribution < 1.29 is 9.59 Å². The molecule has 3 amide bonds. The zero-order valence-corrected chi connectivity index (χ0v) is 14.6. The molecule has 3 rings (SSSR count). The van der Waals surface area contributed by atoms with Gasteiger partial charge in [0.05, 0.1) is 17.9 Å². The van der Waals surface area contributed by atoms with E-state index in [0.29, 0.717) is 13.0 Å². The van der Waals surface area contributed by atoms with E-state index in [1.54, 1.807) is 53.4 Å². The number of nitrogens with one attached hydrogen (secondary N) is 1. The standard InChI is InChI=1S/C17H22N6O2/c1-12(13-4-7-18-8-5-13)22(3)17(25)20-15-6-9-23(16(15)24)14-10-19-21(2)11-14/h4-5,7-8,10-12,15H,6,9H2,1-3H3,(H,20,25). The van der Waals surface area contributed by atoms with E-state index in [1.807, 2.05) is 19.1 Å². The van der Waals surface area contributed by atoms with Crippen LogP contribution in [0.1, 0.15) is 24.9 Å². The summed E-state index contributed by atoms with van der Waals surface area (Å²) in [6, 6.07) is 2.85. The molecule has 1 aliphatic rings. The predicted octanol–water partition coefficient (Wildman–Crippen LogP) is 1.32. The van der Waals surface area contributed by atoms with Gasteiger partial charge in [-0.1, -0.05) is 0 Å². The largest absolute Gasteiger partial charge is 0.326 e. The van der Waals surface area contributed by atoms with Crippen molar-refractivity contribution in [2.24, 2.45) is 7.05 Å². The Balaban J connectivity index is 1.62. The first-order valence-electron chi connectivity index (χ1n) is 8.20. The second-order valence-corrected chi connectivity index (χ2v) is 6.22. The SMILES string of the molecule is CC(c1ccncc1)N(C)C(=O)NC1CCN(c2cnn(C)c2)C1=O. The van der Waals surface area contributed by atoms with Crippen molar-refractivity contribution in [3.63, 3.8) is 0 Å². The molecule has 8 nitrogen and oxygen atoms in total. The summed E-state index contributed by atoms with van der Waals surface area (Å²) in [5.74, 6) is -0.105. The minimum absolute atomic E-state index is 0.105. The highest BCUT2D eigenvalue weighted by molar-refractivity contribution is 6.01. The molecular formula is C17H22N6O2. The summed E-state index contributed by atoms with van der Waals surface area (Å²) in [6.45, 7) is 2.51. The number of hydrogen-bond donors (Lipinski definition) is 1. The number of aromatic nitrogens is 3. The van der Waals surface area contributed by atoms with Gasteiger partial charge in [0.15, 0.2) is 0 Å². The lowest BCUT2D eigenvalue weighted by atomic mass is 10.1. The van der Waals surface area contributed by atoms with E-state index >= 15 is 0 Å². The van der Waals surface area contributed by atoms with Crippen LogP contribution in [-0.2, 0) is 11.8 Å². The maximum atomic E-state index is 12.6. The first-order valence-corrected chi connectivity index (χ1v) is 8.20. The number of aryl methyl sites for hydroxylation is 1. The number of amides is 3. The molecule has 2 atom stereocenters. The molecular weight excluding hydrogens is 320 g/mol. The van der Waals surface area contributed by atoms with Crippen LogP contribution in [0.2, 0.25) is 0 Å². The summed E-state index contributed by atoms with van der Waals surface area (Å²) in [4.78, 5) is 32.3. The zero-order valence-electron chi connectivity index (χ0n) is 14.6. The zero-order chi connectivity index (χ0) is 18.0. The van der Waals surface area contributed by atoms with Gasteiger partial charge in [0, 0.05) is 39.2 Å². The topological polar surface area (TPSA) is 83.4 Å². The quantitative estimate of drug-likeness (QED) is 0.908. The smallest absolute Gasteiger partial charge is 0.318 e. The molecule has 0 saturated carbocycles. The fourth-order valence-corrected chi connectivity index (χ4v) is 2.91. The van der Waals surface area contributed by atoms with Crippen molar-refractivity contribution >= 4 is 17.6 Å². The van der Waals surface area contributed by atoms with Crippen molar-refractivity contribution in [1.29, 1.82) is 0 Å². The first kappa shape index (κ1) is 16.9. The lowest BCUT2D eigenvalue weighted by molar-refractivity contribution is -0.118. The lowest BCUT2D eigenvalue weighted by Crippen LogP contribution is -2.47. The van der Waals surface area contributed by atoms with Crippen LogP contribution in [0, 0.1) is 0 Å². The van der Waals surface area contributed by atoms with Crippen molar-refractivity contribution in [3.05, 3.63) is 42.5 Å². The molecule has 0 aromatic carbocycles. The van der Waals surface area contributed by atoms with Crippen molar-refractivity contribution in [2.75, 3.05) is 18.5 Å². The highest BCUT2D eigenvalue weighted by Crippen LogP contribution is 2.22. The van der Waals surface area contributed by atoms with Crippen LogP contribution in [-0.4, -0.2) is 51.2 Å². The minimum atomic E-state index is -0.514. The van der Waals surface area contributed by atoms with E-state index in [-0.39, 0.29) is 18.0 Å². The van der Waals surface area contributed by atoms with E-state index in [9.17, 15) is 9.59 Å². The molecule has 0 spiro atoms. The molecule has 1 saturated heterocycles. The minimum Gasteiger partial charge on any atom is -0.326 e. The summed E-state index contributed by atoms with van der Waals surface area (Å²) in [7, 11) is 3.53. The van der Waals surface area contributed by atoms with E-state index in [4.69, 9.17) is 0 Å². The number of rotatable bonds is 4. The molecule has 132 valence electrons. The fourth-order valence-electron chi connectivity index (χ4n) is 2.91. The maximum absolute atomic E-state index is 12.6. The van der Waals surface area contributed by atoms with E-state index in [1.165, 1.54) is 0 Å². The molecule has 1 aliphatic heterocycles. The second kappa shape index (κ2) is 6.92. The van der Waals surface area contributed by atoms with E-state index in [0.717, 1.165) is 11.3 Å². The number of carbonyl (C=O) groups is 2. The van der Waals surface area contributed by atoms with Gasteiger partial charge in [0.2, 0.25) is 5.91 Å². The molecule has 3 heterocycles. The number of hydrogen-bond acceptors (Lipinski definition) is 4. The third-order valence-corrected chi connectivity index (χ3v) is 4.60. The summed E-state index contributed by atoms with van der Waals surface area (Å²) in [6.07, 6.45) is 7.42. The molecule has 2 unspecified atom stereocenters. The number of anilines is 1. The van der Waals surface area contributed by atoms with Crippen molar-refractivity contribution in [2.45, 2.75) is 25.4 Å². The van der Waals surface area contributed by atoms with Gasteiger partial charge in [-0.15, -0.1) is 0 Å². The Labute approximate surface area is 146 Å². The first-order chi connectivity index (χ1) is 12.0. The molecule has 2 aromatic heterocycles. The molecule has 1 fully saturated rings. The summed E-state index contributed by atoms with van der Waals surface area (Å²) in [5, 5.41) is 6.93. The monoisotopic (exact) mass is 342 g/mol. The third-order valence-electron chi connectivity index (χ3n) is 4.60. The average molecular weight is 342 g/mol. The van der Waals surface area contributed by atoms with Gasteiger partial charge >= 0.3 is 6.03 Å². The summed E-state index contributed by atoms with van der Waals surface area (Å²) < 4.78 is 1.65. The number of pyridine rings is 1. The van der Waals surface area contributed by atoms with Gasteiger partial charge in [0.25, 0.3) is 0 Å². The van der Waals surface area contributed by atoms with Gasteiger partial charge < -0.3 is 15.1 Å². The molecule has 2 aromatic rings. The molecule has 8 heteroatoms. The Morgan fingerprint density at radius 1 is 1.40 bits per heavy atom. The summed E-state index contributed by atoms with van der Waals surface area (Å²) >= 11 is 0. The van der Waals surface area contributed by atoms with Crippen LogP contribution in [0.4, 0.5) is 10.5 Å². The molecule has 25 heavy (non-hydrogen) atoms. The van der Waals surface area contributed by atoms with Crippen LogP contribution in [0.5, 0.6) is 0 Å². The van der Waals surface area contributed by atoms with Crippen molar-refractivity contribution in [1.82, 2.24) is 25.0 Å². The lowest BCUT2D eigenvalue weighted by Gasteiger charge is -2.26. The Morgan fingerprint density at radius 2 is 2.12 bits per heavy atom. The second-order valence-electron chi connectivity index (χ2n) is 6.22. The molecule has 1 N–H and O–H groups in total. The number of nitrogens with zero attached hydrogens (tertiary/aromatic N) is 5. The highest BCUT2D eigenvalue weighted by Gasteiger charge is 2.35. The third kappa shape index (κ3) is 3.47. The number of carbonyl (C=O) groups excluding carboxylic acids is 2. The Hall–Kier alpha value is -2.90. The van der Waals surface area contributed by atoms with Crippen LogP contribution in [0.15, 0.2) is 36.9 Å². The summed E-state index contributed by atoms with van der Waals surface area (Å²) in [5.41, 5.74) is 1.74. The predicted molar refractivity (Wildman–Crippen MR) is 92.9 cm³/mol. The van der Waals surface area contributed by atoms with Gasteiger partial charge in [-0.05, 0) is 31.0 Å². The normalized spacial score (nSPS) is 18.3. The van der Waals surface area contributed by atoms with Crippen LogP contribution >= 0.6 is 0 Å². The highest BCUT2D eigenvalue weighted by atomic mass is 16.2. The fraction of sp³-hybridized carbons (Fsp3) is 0.412. The van der Waals surface area contributed by atoms with Crippen LogP contribution in [0.3, 0.4) is 0 Å². The van der Waals surface area contributed by atoms with Crippen molar-refractivity contribution in [3.8, 4) is 0 Å². The molecule has 0 radical (unpaired) electrons. The van der Waals surface area contributed by atoms with E-state index < -0.39 is 6.04 Å². The van der Waals surface area contributed by atoms with Gasteiger partial charge in [-0.25, -0.2) is 4.79 Å². The van der Waals surface area contributed by atoms with Crippen LogP contribution < -0.4 is 10.2 Å². The Kier molecular flexibility index (Phi) is 4.69. The van der Waals surface area contributed by atoms with Crippen LogP contribution in [0.25, 0.3) is 0 Å². The van der Waals surface area contributed by atoms with Gasteiger partial charge in [-0.2, -0.15) is 5.10 Å². The Morgan fingerprint density at radius 3 is 2.76 bits per heavy atom.